The molecule has 0 aromatic heterocycles. The molecule has 2 saturated carbocycles. The van der Waals surface area contributed by atoms with Gasteiger partial charge in [-0.2, -0.15) is 0 Å². The molecule has 1 aliphatic heterocycles. The number of halogens is 2. The molecule has 4 N–H and O–H groups in total. The topological polar surface area (TPSA) is 76.6 Å². The average molecular weight is 545 g/mol. The second kappa shape index (κ2) is 14.9. The number of amides is 1. The van der Waals surface area contributed by atoms with Gasteiger partial charge in [-0.3, -0.25) is 14.4 Å². The number of hydrogen-bond donors (Lipinski definition) is 4. The van der Waals surface area contributed by atoms with Gasteiger partial charge in [0, 0.05) is 47.1 Å². The minimum absolute atomic E-state index is 0.0555. The Morgan fingerprint density at radius 3 is 2.58 bits per heavy atom. The van der Waals surface area contributed by atoms with E-state index in [4.69, 9.17) is 0 Å². The lowest BCUT2D eigenvalue weighted by atomic mass is 9.86. The Labute approximate surface area is 223 Å². The molecule has 0 aromatic rings. The summed E-state index contributed by atoms with van der Waals surface area (Å²) in [6.45, 7) is 9.46. The molecule has 0 aromatic carbocycles. The standard InChI is InChI=1S/C26H42F2N4O2S2/c1-3-8-21(4-2)35-18-20(11-14-32-16-19(27)17-32)29-23-10-9-22(15-24(23)30-34)36-31-25(33)26(28)12-6-5-7-13-26/h3-4,8,19-20,22-24,29-30,34H,1-2,5-7,9-18H2,(H,31,33)/b21-8+. The van der Waals surface area contributed by atoms with Crippen LogP contribution in [0.4, 0.5) is 8.78 Å². The van der Waals surface area contributed by atoms with E-state index in [-0.39, 0.29) is 23.4 Å². The first kappa shape index (κ1) is 29.6. The molecule has 0 bridgehead atoms. The first-order chi connectivity index (χ1) is 17.4. The zero-order valence-electron chi connectivity index (χ0n) is 21.1. The van der Waals surface area contributed by atoms with E-state index in [1.54, 1.807) is 17.8 Å². The number of likely N-dealkylation sites (tertiary alicyclic amines) is 1. The lowest BCUT2D eigenvalue weighted by Crippen LogP contribution is -2.56. The Morgan fingerprint density at radius 1 is 1.19 bits per heavy atom. The van der Waals surface area contributed by atoms with Crippen LogP contribution in [-0.4, -0.2) is 76.6 Å². The molecule has 204 valence electrons. The number of carbonyl (C=O) groups excluding carboxylic acids is 1. The van der Waals surface area contributed by atoms with E-state index in [9.17, 15) is 18.8 Å². The van der Waals surface area contributed by atoms with Gasteiger partial charge in [0.05, 0.1) is 0 Å². The van der Waals surface area contributed by atoms with Gasteiger partial charge in [0.2, 0.25) is 0 Å². The maximum absolute atomic E-state index is 14.9. The van der Waals surface area contributed by atoms with Crippen molar-refractivity contribution in [3.8, 4) is 0 Å². The molecule has 3 rings (SSSR count). The van der Waals surface area contributed by atoms with Crippen molar-refractivity contribution in [2.45, 2.75) is 93.0 Å². The van der Waals surface area contributed by atoms with Gasteiger partial charge in [0.1, 0.15) is 6.17 Å². The summed E-state index contributed by atoms with van der Waals surface area (Å²) in [7, 11) is 0. The summed E-state index contributed by atoms with van der Waals surface area (Å²) in [5, 5.41) is 13.7. The summed E-state index contributed by atoms with van der Waals surface area (Å²) in [5.41, 5.74) is 0.723. The van der Waals surface area contributed by atoms with Crippen LogP contribution < -0.4 is 15.5 Å². The van der Waals surface area contributed by atoms with Gasteiger partial charge in [0.25, 0.3) is 5.91 Å². The third-order valence-corrected chi connectivity index (χ3v) is 9.70. The maximum atomic E-state index is 14.9. The molecule has 1 saturated heterocycles. The van der Waals surface area contributed by atoms with Gasteiger partial charge < -0.3 is 10.5 Å². The van der Waals surface area contributed by atoms with Gasteiger partial charge in [-0.15, -0.1) is 11.8 Å². The molecule has 2 aliphatic carbocycles. The number of rotatable bonds is 14. The summed E-state index contributed by atoms with van der Waals surface area (Å²) in [4.78, 5) is 15.6. The Kier molecular flexibility index (Phi) is 12.3. The fourth-order valence-corrected chi connectivity index (χ4v) is 7.16. The molecule has 4 atom stereocenters. The van der Waals surface area contributed by atoms with Crippen molar-refractivity contribution in [2.75, 3.05) is 25.4 Å². The van der Waals surface area contributed by atoms with Gasteiger partial charge in [-0.05, 0) is 75.9 Å². The third kappa shape index (κ3) is 8.84. The summed E-state index contributed by atoms with van der Waals surface area (Å²) >= 11 is 2.99. The van der Waals surface area contributed by atoms with Crippen LogP contribution in [0.25, 0.3) is 0 Å². The molecular formula is C26H42F2N4O2S2. The highest BCUT2D eigenvalue weighted by atomic mass is 32.2. The highest BCUT2D eigenvalue weighted by Gasteiger charge is 2.40. The van der Waals surface area contributed by atoms with Crippen molar-refractivity contribution >= 4 is 29.6 Å². The van der Waals surface area contributed by atoms with Crippen LogP contribution in [0.1, 0.15) is 57.8 Å². The van der Waals surface area contributed by atoms with Gasteiger partial charge in [-0.1, -0.05) is 31.7 Å². The first-order valence-electron chi connectivity index (χ1n) is 13.1. The highest BCUT2D eigenvalue weighted by molar-refractivity contribution is 8.03. The smallest absolute Gasteiger partial charge is 0.267 e. The molecule has 1 amide bonds. The molecule has 4 unspecified atom stereocenters. The minimum Gasteiger partial charge on any atom is -0.316 e. The molecule has 3 aliphatic rings. The molecule has 3 fully saturated rings. The van der Waals surface area contributed by atoms with Crippen molar-refractivity contribution < 1.29 is 18.8 Å². The Morgan fingerprint density at radius 2 is 1.94 bits per heavy atom. The van der Waals surface area contributed by atoms with Crippen molar-refractivity contribution in [1.29, 1.82) is 0 Å². The summed E-state index contributed by atoms with van der Waals surface area (Å²) in [6.07, 6.45) is 11.1. The second-order valence-electron chi connectivity index (χ2n) is 10.2. The fraction of sp³-hybridized carbons (Fsp3) is 0.731. The number of hydrogen-bond acceptors (Lipinski definition) is 7. The predicted octanol–water partition coefficient (Wildman–Crippen LogP) is 4.68. The average Bonchev–Trinajstić information content (AvgIpc) is 2.87. The van der Waals surface area contributed by atoms with E-state index in [1.807, 2.05) is 12.2 Å². The highest BCUT2D eigenvalue weighted by Crippen LogP contribution is 2.34. The largest absolute Gasteiger partial charge is 0.316 e. The normalized spacial score (nSPS) is 28.2. The van der Waals surface area contributed by atoms with E-state index in [2.05, 4.69) is 33.6 Å². The Balaban J connectivity index is 1.50. The number of nitrogens with zero attached hydrogens (tertiary/aromatic N) is 1. The van der Waals surface area contributed by atoms with E-state index >= 15 is 0 Å². The summed E-state index contributed by atoms with van der Waals surface area (Å²) in [6, 6.07) is 0.0423. The molecule has 10 heteroatoms. The van der Waals surface area contributed by atoms with Crippen LogP contribution in [0.2, 0.25) is 0 Å². The number of nitrogens with one attached hydrogen (secondary N) is 3. The number of allylic oxidation sites excluding steroid dienone is 3. The van der Waals surface area contributed by atoms with Gasteiger partial charge in [-0.25, -0.2) is 14.3 Å². The molecule has 0 radical (unpaired) electrons. The van der Waals surface area contributed by atoms with Crippen LogP contribution in [0.15, 0.2) is 36.3 Å². The molecule has 0 spiro atoms. The van der Waals surface area contributed by atoms with Crippen molar-refractivity contribution in [3.63, 3.8) is 0 Å². The molecule has 1 heterocycles. The summed E-state index contributed by atoms with van der Waals surface area (Å²) in [5.74, 6) is 0.310. The molecular weight excluding hydrogens is 502 g/mol. The zero-order chi connectivity index (χ0) is 26.0. The van der Waals surface area contributed by atoms with E-state index in [1.165, 1.54) is 11.9 Å². The minimum atomic E-state index is -1.74. The lowest BCUT2D eigenvalue weighted by molar-refractivity contribution is -0.132. The summed E-state index contributed by atoms with van der Waals surface area (Å²) < 4.78 is 30.9. The number of carbonyl (C=O) groups is 1. The predicted molar refractivity (Wildman–Crippen MR) is 147 cm³/mol. The van der Waals surface area contributed by atoms with E-state index in [0.717, 1.165) is 55.7 Å². The van der Waals surface area contributed by atoms with Crippen LogP contribution in [-0.2, 0) is 4.79 Å². The number of hydroxylamine groups is 1. The second-order valence-corrected chi connectivity index (χ2v) is 12.4. The van der Waals surface area contributed by atoms with Crippen LogP contribution in [0, 0.1) is 0 Å². The number of alkyl halides is 2. The van der Waals surface area contributed by atoms with Crippen LogP contribution in [0.5, 0.6) is 0 Å². The third-order valence-electron chi connectivity index (χ3n) is 7.43. The zero-order valence-corrected chi connectivity index (χ0v) is 22.7. The van der Waals surface area contributed by atoms with Gasteiger partial charge in [0.15, 0.2) is 5.67 Å². The Bertz CT molecular complexity index is 760. The monoisotopic (exact) mass is 544 g/mol. The quantitative estimate of drug-likeness (QED) is 0.144. The van der Waals surface area contributed by atoms with Gasteiger partial charge >= 0.3 is 0 Å². The van der Waals surface area contributed by atoms with Crippen molar-refractivity contribution in [3.05, 3.63) is 36.3 Å². The van der Waals surface area contributed by atoms with E-state index < -0.39 is 17.7 Å². The lowest BCUT2D eigenvalue weighted by Gasteiger charge is -2.39. The van der Waals surface area contributed by atoms with Crippen LogP contribution >= 0.6 is 23.7 Å². The fourth-order valence-electron chi connectivity index (χ4n) is 5.18. The van der Waals surface area contributed by atoms with E-state index in [0.29, 0.717) is 32.4 Å². The first-order valence-corrected chi connectivity index (χ1v) is 15.0. The SMILES string of the molecule is C=C/C=C(\C=C)SCC(CCN1CC(F)C1)NC1CCC(SNC(=O)C2(F)CCCCC2)CC1NO. The van der Waals surface area contributed by atoms with Crippen molar-refractivity contribution in [2.24, 2.45) is 0 Å². The maximum Gasteiger partial charge on any atom is 0.267 e. The number of thioether (sulfide) groups is 1. The van der Waals surface area contributed by atoms with Crippen molar-refractivity contribution in [1.82, 2.24) is 20.4 Å². The molecule has 36 heavy (non-hydrogen) atoms. The van der Waals surface area contributed by atoms with Crippen LogP contribution in [0.3, 0.4) is 0 Å². The Hall–Kier alpha value is -0.910. The molecule has 6 nitrogen and oxygen atoms in total.